The Balaban J connectivity index is 1.43. The molecular weight excluding hydrogens is 350 g/mol. The second-order valence-electron chi connectivity index (χ2n) is 5.74. The molecule has 1 amide bonds. The number of nitrogens with one attached hydrogen (secondary N) is 1. The summed E-state index contributed by atoms with van der Waals surface area (Å²) in [7, 11) is 0. The number of carbonyl (C=O) groups excluding carboxylic acids is 1. The summed E-state index contributed by atoms with van der Waals surface area (Å²) in [4.78, 5) is 21.3. The molecule has 4 rings (SSSR count). The van der Waals surface area contributed by atoms with Gasteiger partial charge in [-0.25, -0.2) is 14.5 Å². The van der Waals surface area contributed by atoms with Crippen molar-refractivity contribution in [1.29, 1.82) is 0 Å². The molecule has 1 N–H and O–H groups in total. The fourth-order valence-electron chi connectivity index (χ4n) is 2.64. The zero-order valence-electron chi connectivity index (χ0n) is 14.1. The minimum atomic E-state index is -0.280. The van der Waals surface area contributed by atoms with Crippen LogP contribution in [0.5, 0.6) is 0 Å². The lowest BCUT2D eigenvalue weighted by Crippen LogP contribution is -2.31. The first kappa shape index (κ1) is 16.6. The lowest BCUT2D eigenvalue weighted by atomic mass is 10.3. The van der Waals surface area contributed by atoms with Crippen LogP contribution in [-0.2, 0) is 11.3 Å². The summed E-state index contributed by atoms with van der Waals surface area (Å²) in [5.74, 6) is -0.0602. The largest absolute Gasteiger partial charge is 0.431 e. The third-order valence-corrected chi connectivity index (χ3v) is 5.19. The van der Waals surface area contributed by atoms with Crippen LogP contribution in [0.25, 0.3) is 16.7 Å². The van der Waals surface area contributed by atoms with E-state index < -0.39 is 0 Å². The van der Waals surface area contributed by atoms with E-state index in [2.05, 4.69) is 20.4 Å². The number of rotatable bonds is 6. The Morgan fingerprint density at radius 1 is 1.35 bits per heavy atom. The Morgan fingerprint density at radius 3 is 3.08 bits per heavy atom. The third kappa shape index (κ3) is 3.28. The number of amides is 1. The Labute approximate surface area is 153 Å². The molecule has 0 aliphatic carbocycles. The van der Waals surface area contributed by atoms with Crippen LogP contribution in [-0.4, -0.2) is 30.7 Å². The molecule has 4 aromatic rings. The molecule has 8 heteroatoms. The monoisotopic (exact) mass is 367 g/mol. The Morgan fingerprint density at radius 2 is 2.23 bits per heavy atom. The standard InChI is InChI=1S/C18H17N5O2S/c1-2-15(26-18-22-13-6-3-4-7-14(13)25-18)17(24)20-10-12-11-21-23-9-5-8-19-16(12)23/h3-9,11,15H,2,10H2,1H3,(H,20,24)/t15-/m1/s1. The molecule has 0 fully saturated rings. The third-order valence-electron chi connectivity index (χ3n) is 3.99. The van der Waals surface area contributed by atoms with Crippen LogP contribution >= 0.6 is 11.8 Å². The van der Waals surface area contributed by atoms with Gasteiger partial charge in [-0.1, -0.05) is 30.8 Å². The Bertz CT molecular complexity index is 1020. The van der Waals surface area contributed by atoms with Crippen molar-refractivity contribution in [1.82, 2.24) is 24.9 Å². The number of nitrogens with zero attached hydrogens (tertiary/aromatic N) is 4. The first-order chi connectivity index (χ1) is 12.7. The molecule has 0 bridgehead atoms. The molecule has 1 aromatic carbocycles. The molecule has 0 radical (unpaired) electrons. The van der Waals surface area contributed by atoms with Crippen LogP contribution in [0.4, 0.5) is 0 Å². The maximum atomic E-state index is 12.6. The second-order valence-corrected chi connectivity index (χ2v) is 6.89. The van der Waals surface area contributed by atoms with Crippen LogP contribution in [0, 0.1) is 0 Å². The molecule has 0 saturated heterocycles. The zero-order chi connectivity index (χ0) is 17.9. The highest BCUT2D eigenvalue weighted by Gasteiger charge is 2.21. The van der Waals surface area contributed by atoms with E-state index in [0.29, 0.717) is 18.2 Å². The van der Waals surface area contributed by atoms with Gasteiger partial charge in [0, 0.05) is 24.5 Å². The summed E-state index contributed by atoms with van der Waals surface area (Å²) in [6, 6.07) is 9.38. The van der Waals surface area contributed by atoms with Crippen LogP contribution < -0.4 is 5.32 Å². The quantitative estimate of drug-likeness (QED) is 0.527. The molecule has 132 valence electrons. The van der Waals surface area contributed by atoms with Crippen molar-refractivity contribution in [2.24, 2.45) is 0 Å². The van der Waals surface area contributed by atoms with E-state index in [1.54, 1.807) is 16.9 Å². The summed E-state index contributed by atoms with van der Waals surface area (Å²) in [6.07, 6.45) is 5.92. The number of para-hydroxylation sites is 2. The lowest BCUT2D eigenvalue weighted by Gasteiger charge is -2.12. The van der Waals surface area contributed by atoms with Crippen molar-refractivity contribution < 1.29 is 9.21 Å². The van der Waals surface area contributed by atoms with Gasteiger partial charge in [0.2, 0.25) is 5.91 Å². The van der Waals surface area contributed by atoms with Crippen molar-refractivity contribution in [3.63, 3.8) is 0 Å². The average Bonchev–Trinajstić information content (AvgIpc) is 3.27. The van der Waals surface area contributed by atoms with E-state index in [-0.39, 0.29) is 11.2 Å². The molecule has 0 saturated carbocycles. The molecule has 26 heavy (non-hydrogen) atoms. The number of thioether (sulfide) groups is 1. The second kappa shape index (κ2) is 7.17. The maximum Gasteiger partial charge on any atom is 0.257 e. The van der Waals surface area contributed by atoms with Gasteiger partial charge in [-0.15, -0.1) is 0 Å². The minimum Gasteiger partial charge on any atom is -0.431 e. The fourth-order valence-corrected chi connectivity index (χ4v) is 3.53. The van der Waals surface area contributed by atoms with E-state index in [0.717, 1.165) is 22.3 Å². The predicted octanol–water partition coefficient (Wildman–Crippen LogP) is 3.06. The number of hydrogen-bond donors (Lipinski definition) is 1. The summed E-state index contributed by atoms with van der Waals surface area (Å²) in [6.45, 7) is 2.35. The molecule has 3 aromatic heterocycles. The summed E-state index contributed by atoms with van der Waals surface area (Å²) >= 11 is 1.34. The molecule has 7 nitrogen and oxygen atoms in total. The van der Waals surface area contributed by atoms with Gasteiger partial charge in [0.25, 0.3) is 5.22 Å². The van der Waals surface area contributed by atoms with E-state index >= 15 is 0 Å². The number of oxazole rings is 1. The Hall–Kier alpha value is -2.87. The summed E-state index contributed by atoms with van der Waals surface area (Å²) < 4.78 is 7.39. The number of aromatic nitrogens is 4. The zero-order valence-corrected chi connectivity index (χ0v) is 14.9. The predicted molar refractivity (Wildman–Crippen MR) is 98.8 cm³/mol. The SMILES string of the molecule is CC[C@@H](Sc1nc2ccccc2o1)C(=O)NCc1cnn2cccnc12. The lowest BCUT2D eigenvalue weighted by molar-refractivity contribution is -0.120. The van der Waals surface area contributed by atoms with Crippen molar-refractivity contribution >= 4 is 34.4 Å². The first-order valence-electron chi connectivity index (χ1n) is 8.32. The topological polar surface area (TPSA) is 85.3 Å². The van der Waals surface area contributed by atoms with E-state index in [1.807, 2.05) is 43.5 Å². The average molecular weight is 367 g/mol. The van der Waals surface area contributed by atoms with Crippen molar-refractivity contribution in [2.75, 3.05) is 0 Å². The van der Waals surface area contributed by atoms with Gasteiger partial charge in [-0.2, -0.15) is 5.10 Å². The van der Waals surface area contributed by atoms with Crippen LogP contribution in [0.15, 0.2) is 58.6 Å². The van der Waals surface area contributed by atoms with Gasteiger partial charge in [-0.05, 0) is 24.6 Å². The minimum absolute atomic E-state index is 0.0602. The fraction of sp³-hybridized carbons (Fsp3) is 0.222. The number of carbonyl (C=O) groups is 1. The highest BCUT2D eigenvalue weighted by Crippen LogP contribution is 2.28. The number of fused-ring (bicyclic) bond motifs is 2. The van der Waals surface area contributed by atoms with Gasteiger partial charge >= 0.3 is 0 Å². The van der Waals surface area contributed by atoms with Gasteiger partial charge in [0.15, 0.2) is 11.2 Å². The van der Waals surface area contributed by atoms with Gasteiger partial charge in [0.1, 0.15) is 5.52 Å². The maximum absolute atomic E-state index is 12.6. The summed E-state index contributed by atoms with van der Waals surface area (Å²) in [5, 5.41) is 7.41. The molecular formula is C18H17N5O2S. The highest BCUT2D eigenvalue weighted by molar-refractivity contribution is 8.00. The molecule has 0 unspecified atom stereocenters. The van der Waals surface area contributed by atoms with Gasteiger partial charge < -0.3 is 9.73 Å². The van der Waals surface area contributed by atoms with E-state index in [4.69, 9.17) is 4.42 Å². The highest BCUT2D eigenvalue weighted by atomic mass is 32.2. The molecule has 0 aliphatic rings. The molecule has 0 spiro atoms. The van der Waals surface area contributed by atoms with Crippen molar-refractivity contribution in [3.8, 4) is 0 Å². The van der Waals surface area contributed by atoms with Gasteiger partial charge in [-0.3, -0.25) is 4.79 Å². The first-order valence-corrected chi connectivity index (χ1v) is 9.19. The molecule has 1 atom stereocenters. The Kier molecular flexibility index (Phi) is 4.57. The smallest absolute Gasteiger partial charge is 0.257 e. The molecule has 0 aliphatic heterocycles. The van der Waals surface area contributed by atoms with Crippen LogP contribution in [0.2, 0.25) is 0 Å². The number of benzene rings is 1. The van der Waals surface area contributed by atoms with E-state index in [1.165, 1.54) is 11.8 Å². The molecule has 3 heterocycles. The van der Waals surface area contributed by atoms with Crippen molar-refractivity contribution in [3.05, 3.63) is 54.5 Å². The van der Waals surface area contributed by atoms with Crippen LogP contribution in [0.3, 0.4) is 0 Å². The van der Waals surface area contributed by atoms with Crippen molar-refractivity contribution in [2.45, 2.75) is 30.4 Å². The van der Waals surface area contributed by atoms with E-state index in [9.17, 15) is 4.79 Å². The van der Waals surface area contributed by atoms with Gasteiger partial charge in [0.05, 0.1) is 11.4 Å². The number of hydrogen-bond acceptors (Lipinski definition) is 6. The normalized spacial score (nSPS) is 12.5. The van der Waals surface area contributed by atoms with Crippen LogP contribution in [0.1, 0.15) is 18.9 Å². The summed E-state index contributed by atoms with van der Waals surface area (Å²) in [5.41, 5.74) is 3.14.